The molecule has 1 nitrogen and oxygen atoms in total. The van der Waals surface area contributed by atoms with E-state index in [1.54, 1.807) is 0 Å². The summed E-state index contributed by atoms with van der Waals surface area (Å²) in [5, 5.41) is 3.15. The van der Waals surface area contributed by atoms with E-state index in [0.29, 0.717) is 0 Å². The van der Waals surface area contributed by atoms with E-state index in [9.17, 15) is 17.6 Å². The summed E-state index contributed by atoms with van der Waals surface area (Å²) in [6, 6.07) is 3.63. The molecule has 112 valence electrons. The van der Waals surface area contributed by atoms with Crippen LogP contribution in [0.4, 0.5) is 17.6 Å². The third-order valence-electron chi connectivity index (χ3n) is 2.98. The number of nitrogens with one attached hydrogen (secondary N) is 1. The van der Waals surface area contributed by atoms with Crippen molar-refractivity contribution >= 4 is 23.5 Å². The molecule has 0 spiro atoms. The van der Waals surface area contributed by atoms with Crippen LogP contribution in [0.25, 0.3) is 0 Å². The van der Waals surface area contributed by atoms with Gasteiger partial charge in [-0.3, -0.25) is 0 Å². The first-order valence-corrected chi connectivity index (χ1v) is 8.53. The molecule has 0 aromatic heterocycles. The fraction of sp³-hybridized carbons (Fsp3) is 0.538. The maximum Gasteiger partial charge on any atom is 0.419 e. The molecule has 1 saturated heterocycles. The summed E-state index contributed by atoms with van der Waals surface area (Å²) in [5.74, 6) is 2.82. The molecule has 2 rings (SSSR count). The monoisotopic (exact) mass is 325 g/mol. The number of hydrogen-bond acceptors (Lipinski definition) is 3. The second-order valence-corrected chi connectivity index (χ2v) is 6.80. The highest BCUT2D eigenvalue weighted by molar-refractivity contribution is 8.03. The Hall–Kier alpha value is -0.400. The molecular weight excluding hydrogens is 310 g/mol. The van der Waals surface area contributed by atoms with Gasteiger partial charge in [-0.05, 0) is 6.07 Å². The molecule has 0 aliphatic carbocycles. The molecule has 1 aliphatic heterocycles. The summed E-state index contributed by atoms with van der Waals surface area (Å²) >= 11 is 3.63. The van der Waals surface area contributed by atoms with E-state index in [1.165, 1.54) is 12.1 Å². The van der Waals surface area contributed by atoms with Crippen LogP contribution >= 0.6 is 23.5 Å². The summed E-state index contributed by atoms with van der Waals surface area (Å²) in [7, 11) is 0. The van der Waals surface area contributed by atoms with Crippen LogP contribution in [0, 0.1) is 5.82 Å². The number of halogens is 4. The van der Waals surface area contributed by atoms with Crippen LogP contribution in [0.5, 0.6) is 0 Å². The summed E-state index contributed by atoms with van der Waals surface area (Å²) in [4.78, 5) is 0. The first-order chi connectivity index (χ1) is 9.48. The van der Waals surface area contributed by atoms with Gasteiger partial charge in [-0.1, -0.05) is 12.1 Å². The number of rotatable bonds is 3. The van der Waals surface area contributed by atoms with E-state index in [-0.39, 0.29) is 18.2 Å². The molecule has 20 heavy (non-hydrogen) atoms. The number of benzene rings is 1. The molecule has 1 aromatic carbocycles. The predicted molar refractivity (Wildman–Crippen MR) is 76.7 cm³/mol. The summed E-state index contributed by atoms with van der Waals surface area (Å²) in [6.45, 7) is 0.127. The largest absolute Gasteiger partial charge is 0.419 e. The standard InChI is InChI=1S/C13H15F4NS2/c14-12-9(2-1-3-11(12)13(15,16)17)6-18-10-7-19-4-5-20-8-10/h1-3,10,18H,4-8H2. The molecule has 0 amide bonds. The average molecular weight is 325 g/mol. The van der Waals surface area contributed by atoms with Crippen molar-refractivity contribution in [3.63, 3.8) is 0 Å². The maximum absolute atomic E-state index is 13.8. The highest BCUT2D eigenvalue weighted by atomic mass is 32.2. The Bertz CT molecular complexity index is 442. The molecule has 0 radical (unpaired) electrons. The van der Waals surface area contributed by atoms with Crippen LogP contribution < -0.4 is 5.32 Å². The minimum Gasteiger partial charge on any atom is -0.308 e. The topological polar surface area (TPSA) is 12.0 Å². The van der Waals surface area contributed by atoms with Crippen molar-refractivity contribution in [3.05, 3.63) is 35.1 Å². The van der Waals surface area contributed by atoms with Crippen LogP contribution in [0.15, 0.2) is 18.2 Å². The van der Waals surface area contributed by atoms with Crippen LogP contribution in [0.1, 0.15) is 11.1 Å². The van der Waals surface area contributed by atoms with Gasteiger partial charge in [0.25, 0.3) is 0 Å². The van der Waals surface area contributed by atoms with Gasteiger partial charge >= 0.3 is 6.18 Å². The summed E-state index contributed by atoms with van der Waals surface area (Å²) < 4.78 is 51.7. The number of thioether (sulfide) groups is 2. The van der Waals surface area contributed by atoms with Crippen molar-refractivity contribution in [2.24, 2.45) is 0 Å². The lowest BCUT2D eigenvalue weighted by atomic mass is 10.1. The van der Waals surface area contributed by atoms with Crippen molar-refractivity contribution in [1.82, 2.24) is 5.32 Å². The molecule has 1 N–H and O–H groups in total. The van der Waals surface area contributed by atoms with Gasteiger partial charge in [0.2, 0.25) is 0 Å². The zero-order valence-corrected chi connectivity index (χ0v) is 12.3. The van der Waals surface area contributed by atoms with Gasteiger partial charge in [-0.2, -0.15) is 36.7 Å². The highest BCUT2D eigenvalue weighted by Gasteiger charge is 2.34. The molecular formula is C13H15F4NS2. The Kier molecular flexibility index (Phi) is 5.63. The van der Waals surface area contributed by atoms with E-state index in [1.807, 2.05) is 23.5 Å². The van der Waals surface area contributed by atoms with Gasteiger partial charge in [-0.15, -0.1) is 0 Å². The normalized spacial score (nSPS) is 18.0. The molecule has 1 aliphatic rings. The lowest BCUT2D eigenvalue weighted by molar-refractivity contribution is -0.140. The third kappa shape index (κ3) is 4.30. The first-order valence-electron chi connectivity index (χ1n) is 6.22. The minimum atomic E-state index is -4.64. The Morgan fingerprint density at radius 1 is 1.15 bits per heavy atom. The van der Waals surface area contributed by atoms with Crippen LogP contribution in [0.2, 0.25) is 0 Å². The maximum atomic E-state index is 13.8. The van der Waals surface area contributed by atoms with E-state index in [0.717, 1.165) is 29.1 Å². The number of alkyl halides is 3. The SMILES string of the molecule is Fc1c(CNC2CSCCSC2)cccc1C(F)(F)F. The van der Waals surface area contributed by atoms with Crippen molar-refractivity contribution in [2.45, 2.75) is 18.8 Å². The first kappa shape index (κ1) is 16.0. The van der Waals surface area contributed by atoms with E-state index >= 15 is 0 Å². The highest BCUT2D eigenvalue weighted by Crippen LogP contribution is 2.32. The Morgan fingerprint density at radius 2 is 1.80 bits per heavy atom. The van der Waals surface area contributed by atoms with E-state index in [4.69, 9.17) is 0 Å². The predicted octanol–water partition coefficient (Wildman–Crippen LogP) is 3.78. The van der Waals surface area contributed by atoms with Crippen molar-refractivity contribution in [1.29, 1.82) is 0 Å². The third-order valence-corrected chi connectivity index (χ3v) is 5.50. The summed E-state index contributed by atoms with van der Waals surface area (Å²) in [5.41, 5.74) is -1.12. The number of hydrogen-bond donors (Lipinski definition) is 1. The zero-order chi connectivity index (χ0) is 14.6. The molecule has 1 heterocycles. The Balaban J connectivity index is 2.02. The van der Waals surface area contributed by atoms with Gasteiger partial charge in [0.15, 0.2) is 0 Å². The van der Waals surface area contributed by atoms with E-state index in [2.05, 4.69) is 5.32 Å². The molecule has 0 bridgehead atoms. The van der Waals surface area contributed by atoms with Gasteiger partial charge in [0.1, 0.15) is 5.82 Å². The second-order valence-electron chi connectivity index (χ2n) is 4.50. The van der Waals surface area contributed by atoms with Crippen molar-refractivity contribution < 1.29 is 17.6 Å². The lowest BCUT2D eigenvalue weighted by Crippen LogP contribution is -2.33. The second kappa shape index (κ2) is 7.04. The molecule has 0 saturated carbocycles. The van der Waals surface area contributed by atoms with Gasteiger partial charge in [-0.25, -0.2) is 4.39 Å². The van der Waals surface area contributed by atoms with Gasteiger partial charge in [0.05, 0.1) is 5.56 Å². The quantitative estimate of drug-likeness (QED) is 0.850. The minimum absolute atomic E-state index is 0.0686. The molecule has 1 aromatic rings. The van der Waals surface area contributed by atoms with Crippen molar-refractivity contribution in [2.75, 3.05) is 23.0 Å². The fourth-order valence-corrected chi connectivity index (χ4v) is 4.39. The lowest BCUT2D eigenvalue weighted by Gasteiger charge is -2.17. The van der Waals surface area contributed by atoms with Crippen LogP contribution in [-0.4, -0.2) is 29.1 Å². The Labute approximate surface area is 123 Å². The fourth-order valence-electron chi connectivity index (χ4n) is 1.92. The van der Waals surface area contributed by atoms with Crippen LogP contribution in [-0.2, 0) is 12.7 Å². The molecule has 0 unspecified atom stereocenters. The van der Waals surface area contributed by atoms with E-state index < -0.39 is 17.6 Å². The molecule has 1 fully saturated rings. The Morgan fingerprint density at radius 3 is 2.40 bits per heavy atom. The summed E-state index contributed by atoms with van der Waals surface area (Å²) in [6.07, 6.45) is -4.64. The van der Waals surface area contributed by atoms with Crippen LogP contribution in [0.3, 0.4) is 0 Å². The smallest absolute Gasteiger partial charge is 0.308 e. The zero-order valence-electron chi connectivity index (χ0n) is 10.7. The average Bonchev–Trinajstić information content (AvgIpc) is 2.64. The van der Waals surface area contributed by atoms with Gasteiger partial charge < -0.3 is 5.32 Å². The van der Waals surface area contributed by atoms with Crippen molar-refractivity contribution in [3.8, 4) is 0 Å². The molecule has 7 heteroatoms. The van der Waals surface area contributed by atoms with Gasteiger partial charge in [0, 0.05) is 41.2 Å². The molecule has 0 atom stereocenters.